The monoisotopic (exact) mass is 311 g/mol. The van der Waals surface area contributed by atoms with E-state index in [1.165, 1.54) is 0 Å². The Bertz CT molecular complexity index is 542. The van der Waals surface area contributed by atoms with E-state index >= 15 is 0 Å². The van der Waals surface area contributed by atoms with Gasteiger partial charge in [0.2, 0.25) is 0 Å². The van der Waals surface area contributed by atoms with Crippen molar-refractivity contribution in [3.8, 4) is 5.75 Å². The highest BCUT2D eigenvalue weighted by Gasteiger charge is 2.43. The van der Waals surface area contributed by atoms with Gasteiger partial charge < -0.3 is 19.9 Å². The van der Waals surface area contributed by atoms with Crippen LogP contribution in [0, 0.1) is 0 Å². The lowest BCUT2D eigenvalue weighted by Gasteiger charge is -2.36. The standard InChI is InChI=1S/C15H21NO4S/c1-18-13-8-11(16)2-3-14(13)21(17)12-4-6-20-15(9-12)5-7-19-10-15/h2-3,8,12H,4-7,9-10,16H2,1H3. The second kappa shape index (κ2) is 5.94. The number of hydrogen-bond donors (Lipinski definition) is 1. The molecule has 0 saturated carbocycles. The minimum Gasteiger partial charge on any atom is -0.495 e. The number of anilines is 1. The van der Waals surface area contributed by atoms with Crippen LogP contribution < -0.4 is 10.5 Å². The topological polar surface area (TPSA) is 70.8 Å². The van der Waals surface area contributed by atoms with Crippen LogP contribution in [0.4, 0.5) is 5.69 Å². The number of nitrogens with two attached hydrogens (primary N) is 1. The van der Waals surface area contributed by atoms with Gasteiger partial charge in [-0.1, -0.05) is 0 Å². The van der Waals surface area contributed by atoms with E-state index in [2.05, 4.69) is 0 Å². The molecule has 0 amide bonds. The molecule has 2 aliphatic rings. The van der Waals surface area contributed by atoms with Crippen molar-refractivity contribution in [2.45, 2.75) is 35.0 Å². The van der Waals surface area contributed by atoms with Gasteiger partial charge >= 0.3 is 0 Å². The van der Waals surface area contributed by atoms with Crippen LogP contribution in [0.3, 0.4) is 0 Å². The molecular weight excluding hydrogens is 290 g/mol. The Labute approximate surface area is 127 Å². The fraction of sp³-hybridized carbons (Fsp3) is 0.600. The van der Waals surface area contributed by atoms with E-state index in [9.17, 15) is 4.21 Å². The van der Waals surface area contributed by atoms with Crippen LogP contribution >= 0.6 is 0 Å². The van der Waals surface area contributed by atoms with Gasteiger partial charge in [0.25, 0.3) is 0 Å². The number of hydrogen-bond acceptors (Lipinski definition) is 5. The number of methoxy groups -OCH3 is 1. The van der Waals surface area contributed by atoms with E-state index < -0.39 is 10.8 Å². The fourth-order valence-corrected chi connectivity index (χ4v) is 4.73. The van der Waals surface area contributed by atoms with Crippen molar-refractivity contribution >= 4 is 16.5 Å². The smallest absolute Gasteiger partial charge is 0.137 e. The number of nitrogen functional groups attached to an aromatic ring is 1. The van der Waals surface area contributed by atoms with E-state index in [1.54, 1.807) is 25.3 Å². The lowest BCUT2D eigenvalue weighted by atomic mass is 9.93. The Balaban J connectivity index is 1.81. The van der Waals surface area contributed by atoms with Gasteiger partial charge in [0.1, 0.15) is 5.75 Å². The van der Waals surface area contributed by atoms with E-state index in [1.807, 2.05) is 0 Å². The van der Waals surface area contributed by atoms with Gasteiger partial charge in [-0.3, -0.25) is 4.21 Å². The average molecular weight is 311 g/mol. The summed E-state index contributed by atoms with van der Waals surface area (Å²) in [4.78, 5) is 0.715. The summed E-state index contributed by atoms with van der Waals surface area (Å²) >= 11 is 0. The van der Waals surface area contributed by atoms with Crippen molar-refractivity contribution in [3.05, 3.63) is 18.2 Å². The summed E-state index contributed by atoms with van der Waals surface area (Å²) in [5, 5.41) is 0.0676. The molecule has 2 heterocycles. The highest BCUT2D eigenvalue weighted by molar-refractivity contribution is 7.85. The van der Waals surface area contributed by atoms with E-state index in [0.717, 1.165) is 25.9 Å². The Hall–Kier alpha value is -1.11. The maximum atomic E-state index is 12.9. The molecule has 116 valence electrons. The van der Waals surface area contributed by atoms with Gasteiger partial charge in [-0.25, -0.2) is 0 Å². The summed E-state index contributed by atoms with van der Waals surface area (Å²) in [6, 6.07) is 5.29. The molecule has 21 heavy (non-hydrogen) atoms. The summed E-state index contributed by atoms with van der Waals surface area (Å²) in [6.07, 6.45) is 2.45. The Kier molecular flexibility index (Phi) is 4.19. The van der Waals surface area contributed by atoms with Crippen LogP contribution in [0.15, 0.2) is 23.1 Å². The van der Waals surface area contributed by atoms with Gasteiger partial charge in [-0.05, 0) is 25.0 Å². The van der Waals surface area contributed by atoms with Crippen LogP contribution in [-0.2, 0) is 20.3 Å². The lowest BCUT2D eigenvalue weighted by molar-refractivity contribution is -0.0774. The van der Waals surface area contributed by atoms with Gasteiger partial charge in [0.05, 0.1) is 35.0 Å². The van der Waals surface area contributed by atoms with Crippen molar-refractivity contribution in [1.29, 1.82) is 0 Å². The average Bonchev–Trinajstić information content (AvgIpc) is 2.94. The van der Waals surface area contributed by atoms with Crippen LogP contribution in [-0.4, -0.2) is 42.0 Å². The molecule has 1 aromatic rings. The molecule has 0 bridgehead atoms. The number of ether oxygens (including phenoxy) is 3. The third-order valence-corrected chi connectivity index (χ3v) is 6.00. The summed E-state index contributed by atoms with van der Waals surface area (Å²) in [6.45, 7) is 1.97. The molecular formula is C15H21NO4S. The van der Waals surface area contributed by atoms with Crippen LogP contribution in [0.25, 0.3) is 0 Å². The molecule has 6 heteroatoms. The molecule has 2 N–H and O–H groups in total. The van der Waals surface area contributed by atoms with Crippen molar-refractivity contribution in [2.24, 2.45) is 0 Å². The molecule has 0 aliphatic carbocycles. The summed E-state index contributed by atoms with van der Waals surface area (Å²) in [5.41, 5.74) is 6.14. The highest BCUT2D eigenvalue weighted by Crippen LogP contribution is 2.37. The zero-order chi connectivity index (χ0) is 14.9. The third-order valence-electron chi connectivity index (χ3n) is 4.22. The quantitative estimate of drug-likeness (QED) is 0.861. The second-order valence-corrected chi connectivity index (χ2v) is 7.36. The maximum Gasteiger partial charge on any atom is 0.137 e. The minimum absolute atomic E-state index is 0.0676. The molecule has 1 aromatic carbocycles. The normalized spacial score (nSPS) is 30.4. The van der Waals surface area contributed by atoms with Crippen LogP contribution in [0.2, 0.25) is 0 Å². The number of benzene rings is 1. The minimum atomic E-state index is -1.13. The Morgan fingerprint density at radius 1 is 1.43 bits per heavy atom. The fourth-order valence-electron chi connectivity index (χ4n) is 3.06. The van der Waals surface area contributed by atoms with Crippen molar-refractivity contribution in [3.63, 3.8) is 0 Å². The molecule has 3 unspecified atom stereocenters. The summed E-state index contributed by atoms with van der Waals surface area (Å²) in [5.74, 6) is 0.594. The Morgan fingerprint density at radius 3 is 3.00 bits per heavy atom. The molecule has 3 rings (SSSR count). The molecule has 3 atom stereocenters. The van der Waals surface area contributed by atoms with Crippen molar-refractivity contribution in [1.82, 2.24) is 0 Å². The zero-order valence-corrected chi connectivity index (χ0v) is 13.0. The first-order valence-corrected chi connectivity index (χ1v) is 8.41. The first kappa shape index (κ1) is 14.8. The molecule has 2 aliphatic heterocycles. The first-order valence-electron chi connectivity index (χ1n) is 7.19. The van der Waals surface area contributed by atoms with Crippen LogP contribution in [0.1, 0.15) is 19.3 Å². The number of rotatable bonds is 3. The highest BCUT2D eigenvalue weighted by atomic mass is 32.2. The lowest BCUT2D eigenvalue weighted by Crippen LogP contribution is -2.43. The third kappa shape index (κ3) is 2.93. The Morgan fingerprint density at radius 2 is 2.29 bits per heavy atom. The molecule has 5 nitrogen and oxygen atoms in total. The summed E-state index contributed by atoms with van der Waals surface area (Å²) < 4.78 is 29.6. The predicted molar refractivity (Wildman–Crippen MR) is 81.0 cm³/mol. The predicted octanol–water partition coefficient (Wildman–Crippen LogP) is 1.72. The van der Waals surface area contributed by atoms with Gasteiger partial charge in [0.15, 0.2) is 0 Å². The molecule has 2 saturated heterocycles. The van der Waals surface area contributed by atoms with Gasteiger partial charge in [0, 0.05) is 36.6 Å². The SMILES string of the molecule is COc1cc(N)ccc1S(=O)C1CCOC2(CCOC2)C1. The van der Waals surface area contributed by atoms with Crippen molar-refractivity contribution < 1.29 is 18.4 Å². The van der Waals surface area contributed by atoms with Crippen LogP contribution in [0.5, 0.6) is 5.75 Å². The first-order chi connectivity index (χ1) is 10.1. The molecule has 1 spiro atoms. The van der Waals surface area contributed by atoms with Gasteiger partial charge in [-0.2, -0.15) is 0 Å². The zero-order valence-electron chi connectivity index (χ0n) is 12.2. The van der Waals surface area contributed by atoms with E-state index in [-0.39, 0.29) is 10.9 Å². The molecule has 0 radical (unpaired) electrons. The van der Waals surface area contributed by atoms with Crippen molar-refractivity contribution in [2.75, 3.05) is 32.7 Å². The molecule has 2 fully saturated rings. The summed E-state index contributed by atoms with van der Waals surface area (Å²) in [7, 11) is 0.447. The van der Waals surface area contributed by atoms with E-state index in [0.29, 0.717) is 29.5 Å². The maximum absolute atomic E-state index is 12.9. The van der Waals surface area contributed by atoms with E-state index in [4.69, 9.17) is 19.9 Å². The second-order valence-electron chi connectivity index (χ2n) is 5.66. The molecule has 0 aromatic heterocycles. The largest absolute Gasteiger partial charge is 0.495 e. The van der Waals surface area contributed by atoms with Gasteiger partial charge in [-0.15, -0.1) is 0 Å².